The third-order valence-corrected chi connectivity index (χ3v) is 3.49. The fourth-order valence-corrected chi connectivity index (χ4v) is 2.50. The van der Waals surface area contributed by atoms with E-state index >= 15 is 0 Å². The Labute approximate surface area is 116 Å². The first-order chi connectivity index (χ1) is 9.29. The maximum atomic E-state index is 5.88. The van der Waals surface area contributed by atoms with Gasteiger partial charge in [-0.05, 0) is 58.5 Å². The minimum absolute atomic E-state index is 0.753. The first kappa shape index (κ1) is 14.3. The van der Waals surface area contributed by atoms with Gasteiger partial charge in [-0.3, -0.25) is 4.98 Å². The van der Waals surface area contributed by atoms with E-state index in [1.807, 2.05) is 26.1 Å². The molecule has 106 valence electrons. The lowest BCUT2D eigenvalue weighted by Crippen LogP contribution is -2.22. The van der Waals surface area contributed by atoms with Crippen LogP contribution < -0.4 is 10.1 Å². The fraction of sp³-hybridized carbons (Fsp3) is 0.667. The zero-order chi connectivity index (χ0) is 13.5. The summed E-state index contributed by atoms with van der Waals surface area (Å²) in [7, 11) is 1.93. The van der Waals surface area contributed by atoms with Crippen LogP contribution in [0, 0.1) is 6.92 Å². The Morgan fingerprint density at radius 2 is 2.11 bits per heavy atom. The molecule has 0 aliphatic carbocycles. The first-order valence-corrected chi connectivity index (χ1v) is 7.26. The van der Waals surface area contributed by atoms with Gasteiger partial charge >= 0.3 is 0 Å². The summed E-state index contributed by atoms with van der Waals surface area (Å²) < 4.78 is 5.88. The van der Waals surface area contributed by atoms with Crippen molar-refractivity contribution in [2.75, 3.05) is 33.3 Å². The monoisotopic (exact) mass is 263 g/mol. The topological polar surface area (TPSA) is 37.4 Å². The average molecular weight is 263 g/mol. The van der Waals surface area contributed by atoms with Crippen LogP contribution in [0.15, 0.2) is 12.1 Å². The number of nitrogens with zero attached hydrogens (tertiary/aromatic N) is 2. The van der Waals surface area contributed by atoms with Crippen LogP contribution in [-0.2, 0) is 6.54 Å². The summed E-state index contributed by atoms with van der Waals surface area (Å²) >= 11 is 0. The van der Waals surface area contributed by atoms with Gasteiger partial charge < -0.3 is 15.0 Å². The van der Waals surface area contributed by atoms with Gasteiger partial charge in [0.25, 0.3) is 0 Å². The number of hydrogen-bond donors (Lipinski definition) is 1. The Balaban J connectivity index is 1.77. The third kappa shape index (κ3) is 4.48. The Hall–Kier alpha value is -1.13. The summed E-state index contributed by atoms with van der Waals surface area (Å²) in [5.41, 5.74) is 2.04. The molecule has 1 fully saturated rings. The van der Waals surface area contributed by atoms with Gasteiger partial charge in [-0.25, -0.2) is 0 Å². The van der Waals surface area contributed by atoms with Crippen LogP contribution >= 0.6 is 0 Å². The second-order valence-corrected chi connectivity index (χ2v) is 5.18. The molecule has 1 aliphatic rings. The van der Waals surface area contributed by atoms with E-state index in [4.69, 9.17) is 4.74 Å². The molecular formula is C15H25N3O. The molecule has 0 amide bonds. The SMILES string of the molecule is CNCc1nc(C)ccc1OCCCN1CCCC1. The van der Waals surface area contributed by atoms with Gasteiger partial charge in [0.15, 0.2) is 0 Å². The number of nitrogens with one attached hydrogen (secondary N) is 1. The highest BCUT2D eigenvalue weighted by Gasteiger charge is 2.11. The molecule has 1 N–H and O–H groups in total. The van der Waals surface area contributed by atoms with Crippen LogP contribution in [0.25, 0.3) is 0 Å². The van der Waals surface area contributed by atoms with Crippen LogP contribution in [-0.4, -0.2) is 43.2 Å². The zero-order valence-corrected chi connectivity index (χ0v) is 12.1. The standard InChI is InChI=1S/C15H25N3O/c1-13-6-7-15(14(17-13)12-16-2)19-11-5-10-18-8-3-4-9-18/h6-7,16H,3-5,8-12H2,1-2H3. The summed E-state index contributed by atoms with van der Waals surface area (Å²) in [5.74, 6) is 0.918. The van der Waals surface area contributed by atoms with E-state index in [9.17, 15) is 0 Å². The lowest BCUT2D eigenvalue weighted by molar-refractivity contribution is 0.260. The molecule has 0 radical (unpaired) electrons. The molecule has 1 saturated heterocycles. The van der Waals surface area contributed by atoms with Crippen molar-refractivity contribution in [3.63, 3.8) is 0 Å². The summed E-state index contributed by atoms with van der Waals surface area (Å²) in [6.45, 7) is 7.21. The van der Waals surface area contributed by atoms with Gasteiger partial charge in [-0.15, -0.1) is 0 Å². The van der Waals surface area contributed by atoms with Crippen molar-refractivity contribution < 1.29 is 4.74 Å². The van der Waals surface area contributed by atoms with E-state index in [0.29, 0.717) is 0 Å². The zero-order valence-electron chi connectivity index (χ0n) is 12.1. The molecule has 2 heterocycles. The quantitative estimate of drug-likeness (QED) is 0.763. The number of rotatable bonds is 7. The van der Waals surface area contributed by atoms with Crippen molar-refractivity contribution in [1.82, 2.24) is 15.2 Å². The predicted molar refractivity (Wildman–Crippen MR) is 77.5 cm³/mol. The van der Waals surface area contributed by atoms with Crippen LogP contribution in [0.2, 0.25) is 0 Å². The molecule has 0 atom stereocenters. The number of aromatic nitrogens is 1. The Morgan fingerprint density at radius 1 is 1.32 bits per heavy atom. The summed E-state index contributed by atoms with van der Waals surface area (Å²) in [5, 5.41) is 3.14. The van der Waals surface area contributed by atoms with E-state index in [1.54, 1.807) is 0 Å². The van der Waals surface area contributed by atoms with Gasteiger partial charge in [0.1, 0.15) is 5.75 Å². The number of pyridine rings is 1. The number of likely N-dealkylation sites (tertiary alicyclic amines) is 1. The van der Waals surface area contributed by atoms with E-state index in [-0.39, 0.29) is 0 Å². The van der Waals surface area contributed by atoms with E-state index in [1.165, 1.54) is 25.9 Å². The highest BCUT2D eigenvalue weighted by molar-refractivity contribution is 5.29. The Bertz CT molecular complexity index is 389. The molecular weight excluding hydrogens is 238 g/mol. The van der Waals surface area contributed by atoms with Crippen molar-refractivity contribution >= 4 is 0 Å². The molecule has 0 unspecified atom stereocenters. The lowest BCUT2D eigenvalue weighted by Gasteiger charge is -2.15. The minimum Gasteiger partial charge on any atom is -0.492 e. The average Bonchev–Trinajstić information content (AvgIpc) is 2.90. The van der Waals surface area contributed by atoms with Crippen molar-refractivity contribution in [3.05, 3.63) is 23.5 Å². The van der Waals surface area contributed by atoms with Crippen LogP contribution in [0.3, 0.4) is 0 Å². The molecule has 19 heavy (non-hydrogen) atoms. The molecule has 1 aromatic heterocycles. The third-order valence-electron chi connectivity index (χ3n) is 3.49. The summed E-state index contributed by atoms with van der Waals surface area (Å²) in [4.78, 5) is 7.04. The van der Waals surface area contributed by atoms with Gasteiger partial charge in [0, 0.05) is 18.8 Å². The Morgan fingerprint density at radius 3 is 2.84 bits per heavy atom. The molecule has 0 aromatic carbocycles. The van der Waals surface area contributed by atoms with Crippen LogP contribution in [0.5, 0.6) is 5.75 Å². The van der Waals surface area contributed by atoms with Crippen LogP contribution in [0.1, 0.15) is 30.7 Å². The van der Waals surface area contributed by atoms with Crippen molar-refractivity contribution in [2.24, 2.45) is 0 Å². The highest BCUT2D eigenvalue weighted by Crippen LogP contribution is 2.17. The molecule has 4 heteroatoms. The highest BCUT2D eigenvalue weighted by atomic mass is 16.5. The normalized spacial score (nSPS) is 15.9. The van der Waals surface area contributed by atoms with Gasteiger partial charge in [0.05, 0.1) is 12.3 Å². The molecule has 0 spiro atoms. The molecule has 0 saturated carbocycles. The number of ether oxygens (including phenoxy) is 1. The fourth-order valence-electron chi connectivity index (χ4n) is 2.50. The second kappa shape index (κ2) is 7.46. The van der Waals surface area contributed by atoms with E-state index in [0.717, 1.165) is 43.3 Å². The lowest BCUT2D eigenvalue weighted by atomic mass is 10.3. The van der Waals surface area contributed by atoms with Gasteiger partial charge in [-0.1, -0.05) is 0 Å². The molecule has 1 aromatic rings. The maximum absolute atomic E-state index is 5.88. The van der Waals surface area contributed by atoms with E-state index < -0.39 is 0 Å². The van der Waals surface area contributed by atoms with Crippen molar-refractivity contribution in [1.29, 1.82) is 0 Å². The smallest absolute Gasteiger partial charge is 0.142 e. The number of hydrogen-bond acceptors (Lipinski definition) is 4. The first-order valence-electron chi connectivity index (χ1n) is 7.26. The molecule has 0 bridgehead atoms. The minimum atomic E-state index is 0.753. The molecule has 4 nitrogen and oxygen atoms in total. The number of aryl methyl sites for hydroxylation is 1. The molecule has 2 rings (SSSR count). The largest absolute Gasteiger partial charge is 0.492 e. The van der Waals surface area contributed by atoms with Crippen LogP contribution in [0.4, 0.5) is 0 Å². The van der Waals surface area contributed by atoms with Crippen molar-refractivity contribution in [2.45, 2.75) is 32.7 Å². The van der Waals surface area contributed by atoms with Crippen molar-refractivity contribution in [3.8, 4) is 5.75 Å². The van der Waals surface area contributed by atoms with E-state index in [2.05, 4.69) is 15.2 Å². The second-order valence-electron chi connectivity index (χ2n) is 5.18. The predicted octanol–water partition coefficient (Wildman–Crippen LogP) is 1.97. The summed E-state index contributed by atoms with van der Waals surface area (Å²) in [6, 6.07) is 4.04. The molecule has 1 aliphatic heterocycles. The van der Waals surface area contributed by atoms with Gasteiger partial charge in [0.2, 0.25) is 0 Å². The Kier molecular flexibility index (Phi) is 5.61. The maximum Gasteiger partial charge on any atom is 0.142 e. The van der Waals surface area contributed by atoms with Gasteiger partial charge in [-0.2, -0.15) is 0 Å². The summed E-state index contributed by atoms with van der Waals surface area (Å²) in [6.07, 6.45) is 3.80.